The number of methoxy groups -OCH3 is 1. The third-order valence-electron chi connectivity index (χ3n) is 4.19. The van der Waals surface area contributed by atoms with Gasteiger partial charge in [-0.1, -0.05) is 19.1 Å². The summed E-state index contributed by atoms with van der Waals surface area (Å²) in [6, 6.07) is 10.2. The Morgan fingerprint density at radius 1 is 1.09 bits per heavy atom. The lowest BCUT2D eigenvalue weighted by Gasteiger charge is -2.19. The van der Waals surface area contributed by atoms with Crippen molar-refractivity contribution in [1.29, 1.82) is 0 Å². The van der Waals surface area contributed by atoms with Gasteiger partial charge in [-0.15, -0.1) is 0 Å². The average Bonchev–Trinajstić information content (AvgIpc) is 3.01. The second-order valence-electron chi connectivity index (χ2n) is 5.63. The number of hydrogen-bond donors (Lipinski definition) is 0. The van der Waals surface area contributed by atoms with E-state index in [9.17, 15) is 0 Å². The summed E-state index contributed by atoms with van der Waals surface area (Å²) < 4.78 is 22.1. The van der Waals surface area contributed by atoms with E-state index in [-0.39, 0.29) is 12.7 Å². The maximum Gasteiger partial charge on any atom is 0.231 e. The molecule has 0 amide bonds. The molecule has 0 bridgehead atoms. The molecule has 3 rings (SSSR count). The first-order valence-corrected chi connectivity index (χ1v) is 7.85. The third kappa shape index (κ3) is 2.93. The predicted molar refractivity (Wildman–Crippen MR) is 89.0 cm³/mol. The fourth-order valence-electron chi connectivity index (χ4n) is 2.91. The van der Waals surface area contributed by atoms with Crippen molar-refractivity contribution in [3.8, 4) is 23.0 Å². The third-order valence-corrected chi connectivity index (χ3v) is 4.19. The molecule has 0 saturated heterocycles. The minimum atomic E-state index is 0.177. The molecule has 2 aromatic carbocycles. The first-order chi connectivity index (χ1) is 11.1. The normalized spacial score (nSPS) is 13.7. The fraction of sp³-hybridized carbons (Fsp3) is 0.368. The molecular formula is C19H22O4. The van der Waals surface area contributed by atoms with Gasteiger partial charge in [0.25, 0.3) is 0 Å². The summed E-state index contributed by atoms with van der Waals surface area (Å²) in [6.07, 6.45) is 0. The van der Waals surface area contributed by atoms with Gasteiger partial charge in [0.2, 0.25) is 6.79 Å². The molecule has 0 aliphatic carbocycles. The van der Waals surface area contributed by atoms with Gasteiger partial charge >= 0.3 is 0 Å². The van der Waals surface area contributed by atoms with Crippen LogP contribution in [0.3, 0.4) is 0 Å². The highest BCUT2D eigenvalue weighted by molar-refractivity contribution is 5.55. The maximum atomic E-state index is 5.82. The Hall–Kier alpha value is -2.36. The number of ether oxygens (including phenoxy) is 4. The lowest BCUT2D eigenvalue weighted by Crippen LogP contribution is -2.03. The molecule has 0 saturated carbocycles. The molecular weight excluding hydrogens is 292 g/mol. The predicted octanol–water partition coefficient (Wildman–Crippen LogP) is 4.28. The molecule has 0 aromatic heterocycles. The molecule has 0 radical (unpaired) electrons. The van der Waals surface area contributed by atoms with Crippen molar-refractivity contribution in [3.63, 3.8) is 0 Å². The number of fused-ring (bicyclic) bond motifs is 1. The van der Waals surface area contributed by atoms with Gasteiger partial charge < -0.3 is 18.9 Å². The van der Waals surface area contributed by atoms with Crippen LogP contribution in [0, 0.1) is 6.92 Å². The van der Waals surface area contributed by atoms with E-state index < -0.39 is 0 Å². The molecule has 0 N–H and O–H groups in total. The van der Waals surface area contributed by atoms with Gasteiger partial charge in [0.15, 0.2) is 11.5 Å². The second kappa shape index (κ2) is 6.41. The van der Waals surface area contributed by atoms with Gasteiger partial charge in [0.05, 0.1) is 13.7 Å². The minimum Gasteiger partial charge on any atom is -0.496 e. The van der Waals surface area contributed by atoms with Gasteiger partial charge in [-0.25, -0.2) is 0 Å². The van der Waals surface area contributed by atoms with Crippen molar-refractivity contribution in [1.82, 2.24) is 0 Å². The van der Waals surface area contributed by atoms with E-state index in [1.165, 1.54) is 5.56 Å². The quantitative estimate of drug-likeness (QED) is 0.825. The van der Waals surface area contributed by atoms with Gasteiger partial charge in [-0.3, -0.25) is 0 Å². The highest BCUT2D eigenvalue weighted by Gasteiger charge is 2.22. The molecule has 122 valence electrons. The summed E-state index contributed by atoms with van der Waals surface area (Å²) in [5.74, 6) is 3.45. The Kier molecular flexibility index (Phi) is 4.33. The van der Waals surface area contributed by atoms with Crippen LogP contribution in [-0.2, 0) is 0 Å². The summed E-state index contributed by atoms with van der Waals surface area (Å²) in [5.41, 5.74) is 3.43. The Balaban J connectivity index is 2.01. The molecule has 0 fully saturated rings. The van der Waals surface area contributed by atoms with E-state index >= 15 is 0 Å². The van der Waals surface area contributed by atoms with E-state index in [0.717, 1.165) is 34.1 Å². The highest BCUT2D eigenvalue weighted by atomic mass is 16.7. The van der Waals surface area contributed by atoms with Crippen molar-refractivity contribution in [2.45, 2.75) is 26.7 Å². The van der Waals surface area contributed by atoms with Gasteiger partial charge in [0, 0.05) is 17.5 Å². The first-order valence-electron chi connectivity index (χ1n) is 7.85. The van der Waals surface area contributed by atoms with Crippen LogP contribution in [0.25, 0.3) is 0 Å². The van der Waals surface area contributed by atoms with E-state index in [2.05, 4.69) is 26.0 Å². The van der Waals surface area contributed by atoms with Gasteiger partial charge in [-0.2, -0.15) is 0 Å². The summed E-state index contributed by atoms with van der Waals surface area (Å²) in [5, 5.41) is 0. The van der Waals surface area contributed by atoms with Gasteiger partial charge in [0.1, 0.15) is 11.5 Å². The van der Waals surface area contributed by atoms with Crippen molar-refractivity contribution in [3.05, 3.63) is 47.0 Å². The zero-order valence-electron chi connectivity index (χ0n) is 14.0. The number of rotatable bonds is 5. The Morgan fingerprint density at radius 3 is 2.48 bits per heavy atom. The van der Waals surface area contributed by atoms with Crippen LogP contribution >= 0.6 is 0 Å². The van der Waals surface area contributed by atoms with Crippen LogP contribution in [0.5, 0.6) is 23.0 Å². The molecule has 1 aliphatic rings. The topological polar surface area (TPSA) is 36.9 Å². The summed E-state index contributed by atoms with van der Waals surface area (Å²) in [7, 11) is 1.69. The van der Waals surface area contributed by atoms with Gasteiger partial charge in [-0.05, 0) is 37.1 Å². The molecule has 23 heavy (non-hydrogen) atoms. The van der Waals surface area contributed by atoms with Crippen LogP contribution in [0.4, 0.5) is 0 Å². The fourth-order valence-corrected chi connectivity index (χ4v) is 2.91. The molecule has 0 unspecified atom stereocenters. The van der Waals surface area contributed by atoms with Crippen LogP contribution in [-0.4, -0.2) is 20.5 Å². The van der Waals surface area contributed by atoms with Crippen molar-refractivity contribution < 1.29 is 18.9 Å². The summed E-state index contributed by atoms with van der Waals surface area (Å²) in [6.45, 7) is 7.08. The van der Waals surface area contributed by atoms with Crippen LogP contribution in [0.1, 0.15) is 36.5 Å². The smallest absolute Gasteiger partial charge is 0.231 e. The molecule has 0 spiro atoms. The number of hydrogen-bond acceptors (Lipinski definition) is 4. The zero-order valence-corrected chi connectivity index (χ0v) is 14.0. The average molecular weight is 314 g/mol. The standard InChI is InChI=1S/C19H22O4/c1-5-21-17-10-19-18(22-11-23-19)9-15(17)13(3)14-6-7-16(20-4)12(2)8-14/h6-10,13H,5,11H2,1-4H3/t13-/m0/s1. The lowest BCUT2D eigenvalue weighted by molar-refractivity contribution is 0.173. The Bertz CT molecular complexity index is 709. The maximum absolute atomic E-state index is 5.82. The van der Waals surface area contributed by atoms with E-state index in [4.69, 9.17) is 18.9 Å². The Morgan fingerprint density at radius 2 is 1.83 bits per heavy atom. The van der Waals surface area contributed by atoms with Crippen LogP contribution < -0.4 is 18.9 Å². The molecule has 2 aromatic rings. The van der Waals surface area contributed by atoms with E-state index in [1.54, 1.807) is 7.11 Å². The number of benzene rings is 2. The monoisotopic (exact) mass is 314 g/mol. The van der Waals surface area contributed by atoms with E-state index in [0.29, 0.717) is 6.61 Å². The first kappa shape index (κ1) is 15.5. The SMILES string of the molecule is CCOc1cc2c(cc1[C@@H](C)c1ccc(OC)c(C)c1)OCO2. The molecule has 1 aliphatic heterocycles. The lowest BCUT2D eigenvalue weighted by atomic mass is 9.91. The van der Waals surface area contributed by atoms with Crippen molar-refractivity contribution in [2.24, 2.45) is 0 Å². The van der Waals surface area contributed by atoms with Crippen LogP contribution in [0.15, 0.2) is 30.3 Å². The largest absolute Gasteiger partial charge is 0.496 e. The Labute approximate surface area is 136 Å². The molecule has 1 atom stereocenters. The van der Waals surface area contributed by atoms with Crippen LogP contribution in [0.2, 0.25) is 0 Å². The summed E-state index contributed by atoms with van der Waals surface area (Å²) in [4.78, 5) is 0. The van der Waals surface area contributed by atoms with Crippen molar-refractivity contribution >= 4 is 0 Å². The van der Waals surface area contributed by atoms with E-state index in [1.807, 2.05) is 25.1 Å². The molecule has 4 nitrogen and oxygen atoms in total. The zero-order chi connectivity index (χ0) is 16.4. The number of aryl methyl sites for hydroxylation is 1. The highest BCUT2D eigenvalue weighted by Crippen LogP contribution is 2.42. The molecule has 4 heteroatoms. The van der Waals surface area contributed by atoms with Crippen molar-refractivity contribution in [2.75, 3.05) is 20.5 Å². The minimum absolute atomic E-state index is 0.177. The summed E-state index contributed by atoms with van der Waals surface area (Å²) >= 11 is 0. The molecule has 1 heterocycles. The second-order valence-corrected chi connectivity index (χ2v) is 5.63.